The molecule has 0 aromatic heterocycles. The summed E-state index contributed by atoms with van der Waals surface area (Å²) in [4.78, 5) is 13.0. The Morgan fingerprint density at radius 1 is 0.507 bits per heavy atom. The molecule has 0 spiro atoms. The summed E-state index contributed by atoms with van der Waals surface area (Å²) in [5.74, 6) is -0.187. The Bertz CT molecular complexity index is 1310. The van der Waals surface area contributed by atoms with Crippen LogP contribution in [0.1, 0.15) is 245 Å². The van der Waals surface area contributed by atoms with Crippen LogP contribution in [-0.4, -0.2) is 87.5 Å². The van der Waals surface area contributed by atoms with Crippen molar-refractivity contribution >= 4 is 5.91 Å². The fourth-order valence-electron chi connectivity index (χ4n) is 8.75. The van der Waals surface area contributed by atoms with E-state index in [4.69, 9.17) is 9.47 Å². The van der Waals surface area contributed by atoms with Crippen LogP contribution in [-0.2, 0) is 14.3 Å². The molecule has 1 aliphatic rings. The number of hydrogen-bond acceptors (Lipinski definition) is 8. The third-order valence-corrected chi connectivity index (χ3v) is 13.3. The van der Waals surface area contributed by atoms with E-state index in [1.54, 1.807) is 6.08 Å². The molecule has 7 atom stereocenters. The van der Waals surface area contributed by atoms with E-state index in [1.807, 2.05) is 6.08 Å². The number of nitrogens with one attached hydrogen (secondary N) is 1. The summed E-state index contributed by atoms with van der Waals surface area (Å²) in [5, 5.41) is 54.3. The zero-order valence-corrected chi connectivity index (χ0v) is 44.3. The van der Waals surface area contributed by atoms with Crippen LogP contribution in [0.25, 0.3) is 0 Å². The second-order valence-electron chi connectivity index (χ2n) is 19.7. The van der Waals surface area contributed by atoms with E-state index < -0.39 is 49.5 Å². The number of allylic oxidation sites excluding steroid dienone is 11. The van der Waals surface area contributed by atoms with Gasteiger partial charge < -0.3 is 40.3 Å². The van der Waals surface area contributed by atoms with Crippen LogP contribution in [0.2, 0.25) is 0 Å². The highest BCUT2D eigenvalue weighted by atomic mass is 16.7. The Hall–Kier alpha value is -2.37. The van der Waals surface area contributed by atoms with Crippen LogP contribution in [0, 0.1) is 0 Å². The Morgan fingerprint density at radius 3 is 1.39 bits per heavy atom. The standard InChI is InChI=1S/C60H107NO8/c1-3-5-7-9-11-13-15-16-17-18-19-20-21-22-23-24-25-26-27-28-29-30-31-32-33-34-35-36-37-38-40-42-44-46-48-50-56(64)61-53(52-68-60-59(67)58(66)57(65)55(51-62)69-60)54(63)49-47-45-43-41-39-14-12-10-8-6-4-2/h5,7,11,13,16-17,19-20,39,41,47,49,53-55,57-60,62-63,65-67H,3-4,6,8-10,12,14-15,18,21-38,40,42-46,48,50-52H2,1-2H3,(H,61,64)/b7-5-,13-11-,17-16-,20-19-,41-39+,49-47+. The maximum Gasteiger partial charge on any atom is 0.220 e. The molecular formula is C60H107NO8. The smallest absolute Gasteiger partial charge is 0.220 e. The molecule has 6 N–H and O–H groups in total. The lowest BCUT2D eigenvalue weighted by Crippen LogP contribution is -2.60. The average Bonchev–Trinajstić information content (AvgIpc) is 3.35. The van der Waals surface area contributed by atoms with Gasteiger partial charge in [0.2, 0.25) is 5.91 Å². The zero-order chi connectivity index (χ0) is 50.1. The third-order valence-electron chi connectivity index (χ3n) is 13.3. The van der Waals surface area contributed by atoms with Crippen LogP contribution in [0.5, 0.6) is 0 Å². The van der Waals surface area contributed by atoms with Crippen molar-refractivity contribution in [3.8, 4) is 0 Å². The molecule has 0 saturated carbocycles. The van der Waals surface area contributed by atoms with Gasteiger partial charge in [0.15, 0.2) is 6.29 Å². The van der Waals surface area contributed by atoms with Gasteiger partial charge in [-0.1, -0.05) is 241 Å². The number of hydrogen-bond donors (Lipinski definition) is 6. The van der Waals surface area contributed by atoms with E-state index in [2.05, 4.69) is 79.9 Å². The summed E-state index contributed by atoms with van der Waals surface area (Å²) >= 11 is 0. The van der Waals surface area contributed by atoms with Crippen molar-refractivity contribution in [2.45, 2.75) is 288 Å². The number of carbonyl (C=O) groups excluding carboxylic acids is 1. The lowest BCUT2D eigenvalue weighted by molar-refractivity contribution is -0.302. The molecule has 1 saturated heterocycles. The number of unbranched alkanes of at least 4 members (excludes halogenated alkanes) is 28. The number of amides is 1. The molecule has 1 amide bonds. The van der Waals surface area contributed by atoms with Crippen molar-refractivity contribution < 1.29 is 39.8 Å². The highest BCUT2D eigenvalue weighted by Gasteiger charge is 2.44. The van der Waals surface area contributed by atoms with Gasteiger partial charge in [-0.15, -0.1) is 0 Å². The highest BCUT2D eigenvalue weighted by Crippen LogP contribution is 2.23. The maximum atomic E-state index is 13.0. The van der Waals surface area contributed by atoms with Gasteiger partial charge in [-0.2, -0.15) is 0 Å². The van der Waals surface area contributed by atoms with Crippen LogP contribution >= 0.6 is 0 Å². The Morgan fingerprint density at radius 2 is 0.913 bits per heavy atom. The Balaban J connectivity index is 2.08. The predicted octanol–water partition coefficient (Wildman–Crippen LogP) is 14.1. The van der Waals surface area contributed by atoms with E-state index in [0.717, 1.165) is 64.2 Å². The molecule has 9 heteroatoms. The van der Waals surface area contributed by atoms with Crippen molar-refractivity contribution in [3.05, 3.63) is 72.9 Å². The number of carbonyl (C=O) groups is 1. The quantitative estimate of drug-likeness (QED) is 0.0261. The van der Waals surface area contributed by atoms with Crippen molar-refractivity contribution in [3.63, 3.8) is 0 Å². The first-order valence-corrected chi connectivity index (χ1v) is 28.7. The molecule has 9 nitrogen and oxygen atoms in total. The van der Waals surface area contributed by atoms with E-state index in [1.165, 1.54) is 161 Å². The van der Waals surface area contributed by atoms with Gasteiger partial charge in [-0.3, -0.25) is 4.79 Å². The molecule has 7 unspecified atom stereocenters. The number of ether oxygens (including phenoxy) is 2. The largest absolute Gasteiger partial charge is 0.394 e. The lowest BCUT2D eigenvalue weighted by atomic mass is 9.99. The van der Waals surface area contributed by atoms with Crippen molar-refractivity contribution in [2.24, 2.45) is 0 Å². The summed E-state index contributed by atoms with van der Waals surface area (Å²) < 4.78 is 11.2. The van der Waals surface area contributed by atoms with Gasteiger partial charge in [-0.25, -0.2) is 0 Å². The van der Waals surface area contributed by atoms with E-state index in [9.17, 15) is 30.3 Å². The molecule has 0 bridgehead atoms. The van der Waals surface area contributed by atoms with E-state index in [-0.39, 0.29) is 12.5 Å². The highest BCUT2D eigenvalue weighted by molar-refractivity contribution is 5.76. The summed E-state index contributed by atoms with van der Waals surface area (Å²) in [5.41, 5.74) is 0. The topological polar surface area (TPSA) is 149 Å². The molecule has 0 aromatic rings. The fraction of sp³-hybridized carbons (Fsp3) is 0.783. The van der Waals surface area contributed by atoms with Crippen LogP contribution in [0.15, 0.2) is 72.9 Å². The second kappa shape index (κ2) is 49.2. The van der Waals surface area contributed by atoms with E-state index in [0.29, 0.717) is 6.42 Å². The summed E-state index contributed by atoms with van der Waals surface area (Å²) in [6, 6.07) is -0.821. The van der Waals surface area contributed by atoms with E-state index >= 15 is 0 Å². The second-order valence-corrected chi connectivity index (χ2v) is 19.7. The molecule has 0 aromatic carbocycles. The lowest BCUT2D eigenvalue weighted by Gasteiger charge is -2.40. The summed E-state index contributed by atoms with van der Waals surface area (Å²) in [7, 11) is 0. The zero-order valence-electron chi connectivity index (χ0n) is 44.3. The van der Waals surface area contributed by atoms with Gasteiger partial charge in [-0.05, 0) is 70.6 Å². The Labute approximate surface area is 423 Å². The van der Waals surface area contributed by atoms with Gasteiger partial charge in [0.25, 0.3) is 0 Å². The molecule has 69 heavy (non-hydrogen) atoms. The van der Waals surface area contributed by atoms with Gasteiger partial charge in [0, 0.05) is 6.42 Å². The summed E-state index contributed by atoms with van der Waals surface area (Å²) in [6.07, 6.45) is 61.4. The fourth-order valence-corrected chi connectivity index (χ4v) is 8.75. The minimum atomic E-state index is -1.57. The first kappa shape index (κ1) is 64.6. The number of aliphatic hydroxyl groups is 5. The first-order valence-electron chi connectivity index (χ1n) is 28.7. The number of aliphatic hydroxyl groups excluding tert-OH is 5. The van der Waals surface area contributed by atoms with Gasteiger partial charge in [0.1, 0.15) is 24.4 Å². The minimum Gasteiger partial charge on any atom is -0.394 e. The number of rotatable bonds is 48. The van der Waals surface area contributed by atoms with Gasteiger partial charge in [0.05, 0.1) is 25.4 Å². The summed E-state index contributed by atoms with van der Waals surface area (Å²) in [6.45, 7) is 3.62. The Kier molecular flexibility index (Phi) is 46.1. The molecule has 1 heterocycles. The normalized spacial score (nSPS) is 20.0. The van der Waals surface area contributed by atoms with Gasteiger partial charge >= 0.3 is 0 Å². The van der Waals surface area contributed by atoms with Crippen LogP contribution in [0.4, 0.5) is 0 Å². The molecule has 1 rings (SSSR count). The molecule has 0 radical (unpaired) electrons. The third kappa shape index (κ3) is 38.9. The molecular weight excluding hydrogens is 863 g/mol. The first-order chi connectivity index (χ1) is 33.8. The maximum absolute atomic E-state index is 13.0. The van der Waals surface area contributed by atoms with Crippen LogP contribution < -0.4 is 5.32 Å². The van der Waals surface area contributed by atoms with Crippen molar-refractivity contribution in [1.29, 1.82) is 0 Å². The molecule has 0 aliphatic carbocycles. The SMILES string of the molecule is CC/C=C\C/C=C\C/C=C\C/C=C\CCCCCCCCCCCCCCCCCCCCCCCCC(=O)NC(COC1OC(CO)C(O)C(O)C1O)C(O)/C=C/CC/C=C/CCCCCCC. The van der Waals surface area contributed by atoms with Crippen molar-refractivity contribution in [2.75, 3.05) is 13.2 Å². The molecule has 400 valence electrons. The molecule has 1 fully saturated rings. The minimum absolute atomic E-state index is 0.187. The van der Waals surface area contributed by atoms with Crippen molar-refractivity contribution in [1.82, 2.24) is 5.32 Å². The monoisotopic (exact) mass is 970 g/mol. The predicted molar refractivity (Wildman–Crippen MR) is 290 cm³/mol. The van der Waals surface area contributed by atoms with Crippen LogP contribution in [0.3, 0.4) is 0 Å². The average molecular weight is 971 g/mol. The molecule has 1 aliphatic heterocycles.